The molecule has 6 rings (SSSR count). The molecule has 1 heterocycles. The standard InChI is InChI=1S/C20H24ClNO.C20H14O4/c21-19-11-9-18(10-12-19)20(17-7-3-1-4-8-17)23-16-15-22-13-5-2-6-14-22;21-18-11-10-14(12-17(18)13-6-2-1-3-7-13)19(22)15-8-4-5-9-16(15)20(23)24/h1,3-4,7-12,20H,2,5-6,13-16H2;1-12,21H,(H,23,24)/t20-;/m1./s1. The number of benzene rings is 5. The maximum atomic E-state index is 12.7. The van der Waals surface area contributed by atoms with Gasteiger partial charge in [0.25, 0.3) is 0 Å². The van der Waals surface area contributed by atoms with Crippen LogP contribution in [0.4, 0.5) is 0 Å². The van der Waals surface area contributed by atoms with Gasteiger partial charge in [-0.05, 0) is 79.0 Å². The number of carbonyl (C=O) groups excluding carboxylic acids is 1. The van der Waals surface area contributed by atoms with Crippen molar-refractivity contribution in [3.8, 4) is 16.9 Å². The number of carbonyl (C=O) groups is 2. The van der Waals surface area contributed by atoms with E-state index in [0.29, 0.717) is 11.1 Å². The summed E-state index contributed by atoms with van der Waals surface area (Å²) in [6.45, 7) is 4.18. The molecule has 1 aliphatic heterocycles. The van der Waals surface area contributed by atoms with Crippen LogP contribution in [0.2, 0.25) is 5.02 Å². The molecule has 1 saturated heterocycles. The van der Waals surface area contributed by atoms with Gasteiger partial charge in [0.1, 0.15) is 11.9 Å². The molecule has 2 N–H and O–H groups in total. The van der Waals surface area contributed by atoms with Gasteiger partial charge in [0, 0.05) is 28.3 Å². The van der Waals surface area contributed by atoms with Gasteiger partial charge in [0.05, 0.1) is 12.2 Å². The van der Waals surface area contributed by atoms with Crippen LogP contribution in [0.5, 0.6) is 5.75 Å². The van der Waals surface area contributed by atoms with Crippen molar-refractivity contribution >= 4 is 23.4 Å². The highest BCUT2D eigenvalue weighted by atomic mass is 35.5. The number of nitrogens with zero attached hydrogens (tertiary/aromatic N) is 1. The number of halogens is 1. The van der Waals surface area contributed by atoms with Crippen LogP contribution < -0.4 is 0 Å². The second-order valence-corrected chi connectivity index (χ2v) is 11.8. The normalized spacial score (nSPS) is 13.6. The van der Waals surface area contributed by atoms with E-state index in [9.17, 15) is 19.8 Å². The quantitative estimate of drug-likeness (QED) is 0.147. The van der Waals surface area contributed by atoms with Gasteiger partial charge < -0.3 is 19.8 Å². The van der Waals surface area contributed by atoms with E-state index < -0.39 is 11.8 Å². The first kappa shape index (κ1) is 33.6. The number of rotatable bonds is 10. The lowest BCUT2D eigenvalue weighted by molar-refractivity contribution is 0.0557. The second-order valence-electron chi connectivity index (χ2n) is 11.4. The van der Waals surface area contributed by atoms with Crippen molar-refractivity contribution in [3.63, 3.8) is 0 Å². The number of likely N-dealkylation sites (tertiary alicyclic amines) is 1. The highest BCUT2D eigenvalue weighted by Crippen LogP contribution is 2.31. The van der Waals surface area contributed by atoms with Gasteiger partial charge in [0.15, 0.2) is 5.78 Å². The van der Waals surface area contributed by atoms with Gasteiger partial charge in [-0.1, -0.05) is 109 Å². The van der Waals surface area contributed by atoms with Crippen molar-refractivity contribution < 1.29 is 24.5 Å². The smallest absolute Gasteiger partial charge is 0.336 e. The number of carboxylic acids is 1. The highest BCUT2D eigenvalue weighted by Gasteiger charge is 2.19. The summed E-state index contributed by atoms with van der Waals surface area (Å²) in [6, 6.07) is 38.2. The van der Waals surface area contributed by atoms with Crippen molar-refractivity contribution in [1.29, 1.82) is 0 Å². The van der Waals surface area contributed by atoms with Crippen LogP contribution >= 0.6 is 11.6 Å². The average molecular weight is 648 g/mol. The van der Waals surface area contributed by atoms with Gasteiger partial charge in [-0.25, -0.2) is 4.79 Å². The summed E-state index contributed by atoms with van der Waals surface area (Å²) >= 11 is 6.02. The van der Waals surface area contributed by atoms with Crippen LogP contribution in [-0.4, -0.2) is 53.1 Å². The summed E-state index contributed by atoms with van der Waals surface area (Å²) in [6.07, 6.45) is 3.98. The fourth-order valence-corrected chi connectivity index (χ4v) is 5.81. The molecule has 0 bridgehead atoms. The first-order valence-corrected chi connectivity index (χ1v) is 16.2. The summed E-state index contributed by atoms with van der Waals surface area (Å²) in [5.74, 6) is -1.49. The molecule has 47 heavy (non-hydrogen) atoms. The Hall–Kier alpha value is -4.75. The number of piperidine rings is 1. The molecule has 1 fully saturated rings. The Kier molecular flexibility index (Phi) is 11.9. The third kappa shape index (κ3) is 9.17. The van der Waals surface area contributed by atoms with E-state index in [1.54, 1.807) is 18.2 Å². The molecule has 6 nitrogen and oxygen atoms in total. The molecule has 5 aromatic rings. The fourth-order valence-electron chi connectivity index (χ4n) is 5.68. The third-order valence-electron chi connectivity index (χ3n) is 8.16. The predicted molar refractivity (Wildman–Crippen MR) is 186 cm³/mol. The van der Waals surface area contributed by atoms with Gasteiger partial charge in [-0.15, -0.1) is 0 Å². The molecule has 5 aromatic carbocycles. The minimum absolute atomic E-state index is 0.0294. The summed E-state index contributed by atoms with van der Waals surface area (Å²) in [4.78, 5) is 26.5. The Bertz CT molecular complexity index is 1750. The van der Waals surface area contributed by atoms with Crippen molar-refractivity contribution in [2.45, 2.75) is 25.4 Å². The molecule has 1 aliphatic rings. The number of aromatic carboxylic acids is 1. The van der Waals surface area contributed by atoms with E-state index in [1.165, 1.54) is 62.2 Å². The van der Waals surface area contributed by atoms with E-state index in [4.69, 9.17) is 16.3 Å². The van der Waals surface area contributed by atoms with Crippen molar-refractivity contribution in [2.24, 2.45) is 0 Å². The van der Waals surface area contributed by atoms with Crippen LogP contribution in [0, 0.1) is 0 Å². The van der Waals surface area contributed by atoms with Crippen LogP contribution in [-0.2, 0) is 4.74 Å². The lowest BCUT2D eigenvalue weighted by Crippen LogP contribution is -2.33. The van der Waals surface area contributed by atoms with Crippen LogP contribution in [0.3, 0.4) is 0 Å². The van der Waals surface area contributed by atoms with E-state index in [0.717, 1.165) is 29.3 Å². The maximum Gasteiger partial charge on any atom is 0.336 e. The van der Waals surface area contributed by atoms with Crippen LogP contribution in [0.25, 0.3) is 11.1 Å². The molecule has 0 radical (unpaired) electrons. The number of hydrogen-bond donors (Lipinski definition) is 2. The van der Waals surface area contributed by atoms with Crippen LogP contribution in [0.1, 0.15) is 62.8 Å². The zero-order chi connectivity index (χ0) is 33.0. The Morgan fingerprint density at radius 1 is 0.723 bits per heavy atom. The molecule has 0 unspecified atom stereocenters. The van der Waals surface area contributed by atoms with Gasteiger partial charge in [-0.3, -0.25) is 4.79 Å². The monoisotopic (exact) mass is 647 g/mol. The first-order chi connectivity index (χ1) is 22.9. The van der Waals surface area contributed by atoms with E-state index >= 15 is 0 Å². The lowest BCUT2D eigenvalue weighted by Gasteiger charge is -2.27. The third-order valence-corrected chi connectivity index (χ3v) is 8.41. The Labute approximate surface area is 280 Å². The molecule has 0 amide bonds. The number of ketones is 1. The molecular formula is C40H38ClNO5. The zero-order valence-corrected chi connectivity index (χ0v) is 26.9. The fraction of sp³-hybridized carbons (Fsp3) is 0.200. The number of carboxylic acid groups (broad SMARTS) is 1. The van der Waals surface area contributed by atoms with Crippen molar-refractivity contribution in [1.82, 2.24) is 4.90 Å². The van der Waals surface area contributed by atoms with Gasteiger partial charge in [0.2, 0.25) is 0 Å². The van der Waals surface area contributed by atoms with Gasteiger partial charge >= 0.3 is 5.97 Å². The molecule has 1 atom stereocenters. The molecular weight excluding hydrogens is 610 g/mol. The van der Waals surface area contributed by atoms with Gasteiger partial charge in [-0.2, -0.15) is 0 Å². The van der Waals surface area contributed by atoms with E-state index in [-0.39, 0.29) is 23.0 Å². The van der Waals surface area contributed by atoms with E-state index in [2.05, 4.69) is 41.3 Å². The summed E-state index contributed by atoms with van der Waals surface area (Å²) < 4.78 is 6.27. The first-order valence-electron chi connectivity index (χ1n) is 15.8. The SMILES string of the molecule is Clc1ccc([C@H](OCCN2CCCCC2)c2ccccc2)cc1.O=C(O)c1ccccc1C(=O)c1ccc(O)c(-c2ccccc2)c1. The topological polar surface area (TPSA) is 87.1 Å². The maximum absolute atomic E-state index is 12.7. The number of ether oxygens (including phenoxy) is 1. The van der Waals surface area contributed by atoms with Crippen molar-refractivity contribution in [2.75, 3.05) is 26.2 Å². The average Bonchev–Trinajstić information content (AvgIpc) is 3.12. The largest absolute Gasteiger partial charge is 0.507 e. The van der Waals surface area contributed by atoms with Crippen LogP contribution in [0.15, 0.2) is 127 Å². The number of phenols is 1. The Morgan fingerprint density at radius 3 is 1.98 bits per heavy atom. The highest BCUT2D eigenvalue weighted by molar-refractivity contribution is 6.30. The zero-order valence-electron chi connectivity index (χ0n) is 26.1. The summed E-state index contributed by atoms with van der Waals surface area (Å²) in [5, 5.41) is 20.1. The molecule has 0 spiro atoms. The molecule has 0 aromatic heterocycles. The molecule has 240 valence electrons. The second kappa shape index (κ2) is 16.7. The number of aromatic hydroxyl groups is 1. The van der Waals surface area contributed by atoms with E-state index in [1.807, 2.05) is 48.5 Å². The predicted octanol–water partition coefficient (Wildman–Crippen LogP) is 8.92. The minimum Gasteiger partial charge on any atom is -0.507 e. The summed E-state index contributed by atoms with van der Waals surface area (Å²) in [7, 11) is 0. The number of phenolic OH excluding ortho intramolecular Hbond substituents is 1. The van der Waals surface area contributed by atoms with Crippen molar-refractivity contribution in [3.05, 3.63) is 160 Å². The Morgan fingerprint density at radius 2 is 1.32 bits per heavy atom. The number of hydrogen-bond acceptors (Lipinski definition) is 5. The summed E-state index contributed by atoms with van der Waals surface area (Å²) in [5.41, 5.74) is 4.03. The molecule has 0 aliphatic carbocycles. The molecule has 0 saturated carbocycles. The molecule has 7 heteroatoms. The minimum atomic E-state index is -1.15. The lowest BCUT2D eigenvalue weighted by atomic mass is 9.95. The Balaban J connectivity index is 0.000000185.